The van der Waals surface area contributed by atoms with Crippen LogP contribution in [-0.2, 0) is 0 Å². The fraction of sp³-hybridized carbons (Fsp3) is 0.263. The minimum Gasteiger partial charge on any atom is -0.496 e. The van der Waals surface area contributed by atoms with Crippen LogP contribution in [0.4, 0.5) is 0 Å². The van der Waals surface area contributed by atoms with Crippen molar-refractivity contribution in [2.75, 3.05) is 13.9 Å². The maximum absolute atomic E-state index is 5.48. The van der Waals surface area contributed by atoms with Crippen LogP contribution in [0.1, 0.15) is 24.3 Å². The molecule has 0 spiro atoms. The Morgan fingerprint density at radius 1 is 1.00 bits per heavy atom. The Bertz CT molecular complexity index is 946. The summed E-state index contributed by atoms with van der Waals surface area (Å²) in [7, 11) is 1.70. The van der Waals surface area contributed by atoms with Gasteiger partial charge in [-0.3, -0.25) is 0 Å². The molecule has 0 N–H and O–H groups in total. The predicted octanol–water partition coefficient (Wildman–Crippen LogP) is 4.02. The van der Waals surface area contributed by atoms with Crippen molar-refractivity contribution in [3.05, 3.63) is 42.0 Å². The second-order valence-corrected chi connectivity index (χ2v) is 6.22. The number of fused-ring (bicyclic) bond motifs is 1. The van der Waals surface area contributed by atoms with Gasteiger partial charge in [-0.25, -0.2) is 0 Å². The van der Waals surface area contributed by atoms with Crippen molar-refractivity contribution < 1.29 is 18.7 Å². The van der Waals surface area contributed by atoms with Crippen molar-refractivity contribution >= 4 is 0 Å². The maximum atomic E-state index is 5.48. The number of ether oxygens (including phenoxy) is 3. The van der Waals surface area contributed by atoms with Crippen LogP contribution in [0.15, 0.2) is 40.9 Å². The molecule has 0 bridgehead atoms. The molecule has 0 amide bonds. The summed E-state index contributed by atoms with van der Waals surface area (Å²) in [6.07, 6.45) is 2.40. The van der Waals surface area contributed by atoms with Gasteiger partial charge >= 0.3 is 0 Å². The van der Waals surface area contributed by atoms with E-state index in [9.17, 15) is 0 Å². The van der Waals surface area contributed by atoms with Gasteiger partial charge in [0.05, 0.1) is 7.11 Å². The number of benzene rings is 2. The van der Waals surface area contributed by atoms with Gasteiger partial charge < -0.3 is 18.7 Å². The number of hydrogen-bond donors (Lipinski definition) is 0. The molecule has 5 rings (SSSR count). The van der Waals surface area contributed by atoms with Gasteiger partial charge in [0.2, 0.25) is 12.6 Å². The summed E-state index contributed by atoms with van der Waals surface area (Å²) in [5.74, 6) is 3.95. The zero-order chi connectivity index (χ0) is 16.8. The van der Waals surface area contributed by atoms with Crippen molar-refractivity contribution in [3.63, 3.8) is 0 Å². The number of methoxy groups -OCH3 is 1. The molecule has 0 atom stereocenters. The van der Waals surface area contributed by atoms with Gasteiger partial charge in [0.25, 0.3) is 5.89 Å². The highest BCUT2D eigenvalue weighted by Gasteiger charge is 2.27. The van der Waals surface area contributed by atoms with Crippen LogP contribution in [0.25, 0.3) is 22.8 Å². The van der Waals surface area contributed by atoms with Gasteiger partial charge in [0, 0.05) is 11.1 Å². The Morgan fingerprint density at radius 2 is 1.84 bits per heavy atom. The van der Waals surface area contributed by atoms with Crippen LogP contribution in [-0.4, -0.2) is 24.0 Å². The Labute approximate surface area is 144 Å². The molecule has 0 unspecified atom stereocenters. The van der Waals surface area contributed by atoms with E-state index in [1.165, 1.54) is 18.4 Å². The molecule has 3 aromatic rings. The molecule has 126 valence electrons. The Hall–Kier alpha value is -3.02. The highest BCUT2D eigenvalue weighted by Crippen LogP contribution is 2.45. The monoisotopic (exact) mass is 336 g/mol. The molecule has 1 saturated carbocycles. The van der Waals surface area contributed by atoms with Gasteiger partial charge in [-0.1, -0.05) is 5.16 Å². The molecule has 1 aliphatic heterocycles. The van der Waals surface area contributed by atoms with Gasteiger partial charge in [0.15, 0.2) is 11.5 Å². The molecule has 0 saturated heterocycles. The average Bonchev–Trinajstić information content (AvgIpc) is 3.19. The van der Waals surface area contributed by atoms with Gasteiger partial charge in [0.1, 0.15) is 5.75 Å². The quantitative estimate of drug-likeness (QED) is 0.717. The van der Waals surface area contributed by atoms with E-state index >= 15 is 0 Å². The molecule has 2 aliphatic rings. The van der Waals surface area contributed by atoms with E-state index in [0.717, 1.165) is 22.6 Å². The van der Waals surface area contributed by atoms with Crippen molar-refractivity contribution in [1.29, 1.82) is 0 Å². The molecule has 2 aromatic carbocycles. The average molecular weight is 336 g/mol. The molecule has 1 aromatic heterocycles. The van der Waals surface area contributed by atoms with Crippen LogP contribution in [0, 0.1) is 0 Å². The lowest BCUT2D eigenvalue weighted by molar-refractivity contribution is 0.174. The van der Waals surface area contributed by atoms with Crippen LogP contribution in [0.3, 0.4) is 0 Å². The van der Waals surface area contributed by atoms with Crippen LogP contribution < -0.4 is 14.2 Å². The zero-order valence-electron chi connectivity index (χ0n) is 13.7. The first-order chi connectivity index (χ1) is 12.3. The van der Waals surface area contributed by atoms with E-state index in [-0.39, 0.29) is 6.79 Å². The van der Waals surface area contributed by atoms with Crippen LogP contribution in [0.2, 0.25) is 0 Å². The summed E-state index contributed by atoms with van der Waals surface area (Å²) in [6, 6.07) is 11.6. The zero-order valence-corrected chi connectivity index (χ0v) is 13.7. The Morgan fingerprint density at radius 3 is 2.68 bits per heavy atom. The van der Waals surface area contributed by atoms with E-state index in [1.54, 1.807) is 7.11 Å². The molecule has 6 heteroatoms. The van der Waals surface area contributed by atoms with Crippen molar-refractivity contribution in [2.45, 2.75) is 18.8 Å². The number of nitrogens with zero attached hydrogens (tertiary/aromatic N) is 2. The van der Waals surface area contributed by atoms with Crippen molar-refractivity contribution in [2.24, 2.45) is 0 Å². The Kier molecular flexibility index (Phi) is 3.16. The predicted molar refractivity (Wildman–Crippen MR) is 89.8 cm³/mol. The summed E-state index contributed by atoms with van der Waals surface area (Å²) in [4.78, 5) is 4.54. The van der Waals surface area contributed by atoms with E-state index in [1.807, 2.05) is 30.3 Å². The molecule has 6 nitrogen and oxygen atoms in total. The molecule has 0 radical (unpaired) electrons. The Balaban J connectivity index is 1.49. The fourth-order valence-corrected chi connectivity index (χ4v) is 3.07. The lowest BCUT2D eigenvalue weighted by atomic mass is 10.1. The van der Waals surface area contributed by atoms with Crippen molar-refractivity contribution in [1.82, 2.24) is 10.1 Å². The SMILES string of the molecule is COc1ccc(-c2nc(-c3ccc4c(c3)OCO4)no2)cc1C1CC1. The summed E-state index contributed by atoms with van der Waals surface area (Å²) in [6.45, 7) is 0.242. The summed E-state index contributed by atoms with van der Waals surface area (Å²) >= 11 is 0. The van der Waals surface area contributed by atoms with E-state index < -0.39 is 0 Å². The highest BCUT2D eigenvalue weighted by molar-refractivity contribution is 5.65. The number of aromatic nitrogens is 2. The second kappa shape index (κ2) is 5.51. The topological polar surface area (TPSA) is 66.6 Å². The summed E-state index contributed by atoms with van der Waals surface area (Å²) in [5, 5.41) is 4.11. The number of rotatable bonds is 4. The molecule has 1 fully saturated rings. The second-order valence-electron chi connectivity index (χ2n) is 6.22. The third kappa shape index (κ3) is 2.50. The lowest BCUT2D eigenvalue weighted by Crippen LogP contribution is -1.92. The number of hydrogen-bond acceptors (Lipinski definition) is 6. The first-order valence-corrected chi connectivity index (χ1v) is 8.24. The van der Waals surface area contributed by atoms with Gasteiger partial charge in [-0.05, 0) is 60.7 Å². The first kappa shape index (κ1) is 14.3. The van der Waals surface area contributed by atoms with Crippen molar-refractivity contribution in [3.8, 4) is 40.1 Å². The minimum absolute atomic E-state index is 0.242. The highest BCUT2D eigenvalue weighted by atomic mass is 16.7. The van der Waals surface area contributed by atoms with E-state index in [0.29, 0.717) is 23.4 Å². The molecular formula is C19H16N2O4. The van der Waals surface area contributed by atoms with Crippen LogP contribution in [0.5, 0.6) is 17.2 Å². The maximum Gasteiger partial charge on any atom is 0.258 e. The molecule has 2 heterocycles. The standard InChI is InChI=1S/C19H16N2O4/c1-22-15-6-5-13(8-14(15)11-2-3-11)19-20-18(21-25-19)12-4-7-16-17(9-12)24-10-23-16/h4-9,11H,2-3,10H2,1H3. The fourth-order valence-electron chi connectivity index (χ4n) is 3.07. The smallest absolute Gasteiger partial charge is 0.258 e. The van der Waals surface area contributed by atoms with Crippen LogP contribution >= 0.6 is 0 Å². The minimum atomic E-state index is 0.242. The van der Waals surface area contributed by atoms with E-state index in [2.05, 4.69) is 16.2 Å². The third-order valence-electron chi connectivity index (χ3n) is 4.55. The summed E-state index contributed by atoms with van der Waals surface area (Å²) < 4.78 is 21.7. The lowest BCUT2D eigenvalue weighted by Gasteiger charge is -2.08. The van der Waals surface area contributed by atoms with E-state index in [4.69, 9.17) is 18.7 Å². The third-order valence-corrected chi connectivity index (χ3v) is 4.55. The van der Waals surface area contributed by atoms with Gasteiger partial charge in [-0.15, -0.1) is 0 Å². The molecule has 1 aliphatic carbocycles. The normalized spacial score (nSPS) is 15.4. The summed E-state index contributed by atoms with van der Waals surface area (Å²) in [5.41, 5.74) is 2.94. The molecule has 25 heavy (non-hydrogen) atoms. The van der Waals surface area contributed by atoms with Gasteiger partial charge in [-0.2, -0.15) is 4.98 Å². The molecular weight excluding hydrogens is 320 g/mol. The first-order valence-electron chi connectivity index (χ1n) is 8.24. The largest absolute Gasteiger partial charge is 0.496 e.